The third-order valence-electron chi connectivity index (χ3n) is 2.05. The van der Waals surface area contributed by atoms with Gasteiger partial charge in [0.25, 0.3) is 0 Å². The Labute approximate surface area is 112 Å². The molecule has 0 aliphatic heterocycles. The Bertz CT molecular complexity index is 333. The SMILES string of the molecule is CC(CNC(C)(C)C)Sc1cccc(Br)c1. The van der Waals surface area contributed by atoms with Gasteiger partial charge in [-0.2, -0.15) is 0 Å². The Morgan fingerprint density at radius 1 is 1.38 bits per heavy atom. The van der Waals surface area contributed by atoms with Crippen LogP contribution in [0.1, 0.15) is 27.7 Å². The molecule has 0 spiro atoms. The molecular formula is C13H20BrNS. The predicted molar refractivity (Wildman–Crippen MR) is 77.2 cm³/mol. The maximum Gasteiger partial charge on any atom is 0.0191 e. The first-order chi connectivity index (χ1) is 7.37. The summed E-state index contributed by atoms with van der Waals surface area (Å²) in [6, 6.07) is 8.46. The minimum atomic E-state index is 0.200. The summed E-state index contributed by atoms with van der Waals surface area (Å²) >= 11 is 5.40. The zero-order valence-corrected chi connectivity index (χ0v) is 12.8. The Morgan fingerprint density at radius 2 is 2.06 bits per heavy atom. The van der Waals surface area contributed by atoms with Crippen molar-refractivity contribution in [3.8, 4) is 0 Å². The third kappa shape index (κ3) is 5.92. The molecule has 0 radical (unpaired) electrons. The van der Waals surface area contributed by atoms with Gasteiger partial charge < -0.3 is 5.32 Å². The molecule has 1 aromatic carbocycles. The van der Waals surface area contributed by atoms with Gasteiger partial charge in [-0.05, 0) is 39.0 Å². The lowest BCUT2D eigenvalue weighted by Crippen LogP contribution is -2.39. The first kappa shape index (κ1) is 14.1. The van der Waals surface area contributed by atoms with E-state index in [2.05, 4.69) is 73.2 Å². The Balaban J connectivity index is 2.43. The molecule has 0 fully saturated rings. The number of hydrogen-bond donors (Lipinski definition) is 1. The number of hydrogen-bond acceptors (Lipinski definition) is 2. The van der Waals surface area contributed by atoms with Crippen LogP contribution in [0, 0.1) is 0 Å². The third-order valence-corrected chi connectivity index (χ3v) is 3.64. The van der Waals surface area contributed by atoms with Crippen LogP contribution in [0.5, 0.6) is 0 Å². The zero-order valence-electron chi connectivity index (χ0n) is 10.4. The Hall–Kier alpha value is 0.01000. The normalized spacial score (nSPS) is 13.8. The molecule has 1 aromatic rings. The van der Waals surface area contributed by atoms with Crippen LogP contribution >= 0.6 is 27.7 Å². The lowest BCUT2D eigenvalue weighted by molar-refractivity contribution is 0.429. The van der Waals surface area contributed by atoms with Crippen LogP contribution in [-0.4, -0.2) is 17.3 Å². The van der Waals surface area contributed by atoms with E-state index >= 15 is 0 Å². The molecule has 1 atom stereocenters. The number of thioether (sulfide) groups is 1. The number of benzene rings is 1. The van der Waals surface area contributed by atoms with E-state index in [1.165, 1.54) is 4.90 Å². The van der Waals surface area contributed by atoms with Gasteiger partial charge in [0.05, 0.1) is 0 Å². The first-order valence-electron chi connectivity index (χ1n) is 5.54. The van der Waals surface area contributed by atoms with Crippen LogP contribution in [0.3, 0.4) is 0 Å². The van der Waals surface area contributed by atoms with Gasteiger partial charge in [-0.3, -0.25) is 0 Å². The number of halogens is 1. The molecule has 0 aliphatic carbocycles. The highest BCUT2D eigenvalue weighted by Gasteiger charge is 2.11. The number of rotatable bonds is 4. The largest absolute Gasteiger partial charge is 0.311 e. The van der Waals surface area contributed by atoms with Gasteiger partial charge in [-0.15, -0.1) is 11.8 Å². The minimum Gasteiger partial charge on any atom is -0.311 e. The van der Waals surface area contributed by atoms with Crippen LogP contribution in [0.15, 0.2) is 33.6 Å². The highest BCUT2D eigenvalue weighted by molar-refractivity contribution is 9.10. The molecule has 1 N–H and O–H groups in total. The van der Waals surface area contributed by atoms with E-state index < -0.39 is 0 Å². The molecule has 0 aliphatic rings. The van der Waals surface area contributed by atoms with Crippen molar-refractivity contribution < 1.29 is 0 Å². The van der Waals surface area contributed by atoms with Crippen LogP contribution in [0.2, 0.25) is 0 Å². The topological polar surface area (TPSA) is 12.0 Å². The van der Waals surface area contributed by atoms with Gasteiger partial charge in [-0.1, -0.05) is 28.9 Å². The van der Waals surface area contributed by atoms with E-state index in [-0.39, 0.29) is 5.54 Å². The Morgan fingerprint density at radius 3 is 2.62 bits per heavy atom. The van der Waals surface area contributed by atoms with E-state index in [0.717, 1.165) is 11.0 Å². The average Bonchev–Trinajstić information content (AvgIpc) is 2.14. The van der Waals surface area contributed by atoms with Crippen molar-refractivity contribution >= 4 is 27.7 Å². The first-order valence-corrected chi connectivity index (χ1v) is 7.21. The zero-order chi connectivity index (χ0) is 12.2. The van der Waals surface area contributed by atoms with Crippen molar-refractivity contribution in [2.24, 2.45) is 0 Å². The standard InChI is InChI=1S/C13H20BrNS/c1-10(9-15-13(2,3)4)16-12-7-5-6-11(14)8-12/h5-8,10,15H,9H2,1-4H3. The molecule has 0 saturated heterocycles. The second kappa shape index (κ2) is 6.08. The fourth-order valence-corrected chi connectivity index (χ4v) is 2.80. The Kier molecular flexibility index (Phi) is 5.35. The summed E-state index contributed by atoms with van der Waals surface area (Å²) in [5.41, 5.74) is 0.200. The average molecular weight is 302 g/mol. The van der Waals surface area contributed by atoms with Crippen molar-refractivity contribution in [2.75, 3.05) is 6.54 Å². The molecule has 0 aromatic heterocycles. The summed E-state index contributed by atoms with van der Waals surface area (Å²) in [7, 11) is 0. The van der Waals surface area contributed by atoms with Gasteiger partial charge >= 0.3 is 0 Å². The van der Waals surface area contributed by atoms with Gasteiger partial charge in [0.15, 0.2) is 0 Å². The predicted octanol–water partition coefficient (Wildman–Crippen LogP) is 4.32. The summed E-state index contributed by atoms with van der Waals surface area (Å²) in [4.78, 5) is 1.32. The van der Waals surface area contributed by atoms with Gasteiger partial charge in [0.1, 0.15) is 0 Å². The summed E-state index contributed by atoms with van der Waals surface area (Å²) in [5.74, 6) is 0. The van der Waals surface area contributed by atoms with E-state index in [0.29, 0.717) is 5.25 Å². The highest BCUT2D eigenvalue weighted by atomic mass is 79.9. The van der Waals surface area contributed by atoms with Crippen LogP contribution in [0.25, 0.3) is 0 Å². The summed E-state index contributed by atoms with van der Waals surface area (Å²) < 4.78 is 1.15. The van der Waals surface area contributed by atoms with Crippen LogP contribution in [0.4, 0.5) is 0 Å². The fraction of sp³-hybridized carbons (Fsp3) is 0.538. The highest BCUT2D eigenvalue weighted by Crippen LogP contribution is 2.25. The summed E-state index contributed by atoms with van der Waals surface area (Å²) in [5, 5.41) is 4.10. The second-order valence-corrected chi connectivity index (χ2v) is 7.44. The van der Waals surface area contributed by atoms with Gasteiger partial charge in [0, 0.05) is 26.7 Å². The monoisotopic (exact) mass is 301 g/mol. The molecule has 16 heavy (non-hydrogen) atoms. The quantitative estimate of drug-likeness (QED) is 0.831. The van der Waals surface area contributed by atoms with Crippen LogP contribution < -0.4 is 5.32 Å². The van der Waals surface area contributed by atoms with Crippen molar-refractivity contribution in [3.05, 3.63) is 28.7 Å². The molecule has 0 saturated carbocycles. The van der Waals surface area contributed by atoms with Crippen molar-refractivity contribution in [2.45, 2.75) is 43.4 Å². The minimum absolute atomic E-state index is 0.200. The maximum absolute atomic E-state index is 3.52. The molecule has 0 bridgehead atoms. The smallest absolute Gasteiger partial charge is 0.0191 e. The molecule has 0 amide bonds. The van der Waals surface area contributed by atoms with Gasteiger partial charge in [-0.25, -0.2) is 0 Å². The lowest BCUT2D eigenvalue weighted by Gasteiger charge is -2.23. The lowest BCUT2D eigenvalue weighted by atomic mass is 10.1. The van der Waals surface area contributed by atoms with Crippen molar-refractivity contribution in [1.82, 2.24) is 5.32 Å². The van der Waals surface area contributed by atoms with E-state index in [9.17, 15) is 0 Å². The maximum atomic E-state index is 3.52. The molecule has 0 heterocycles. The molecule has 3 heteroatoms. The van der Waals surface area contributed by atoms with E-state index in [1.54, 1.807) is 0 Å². The van der Waals surface area contributed by atoms with Crippen LogP contribution in [-0.2, 0) is 0 Å². The molecule has 90 valence electrons. The molecule has 1 rings (SSSR count). The molecular weight excluding hydrogens is 282 g/mol. The number of nitrogens with one attached hydrogen (secondary N) is 1. The van der Waals surface area contributed by atoms with Crippen molar-refractivity contribution in [3.63, 3.8) is 0 Å². The van der Waals surface area contributed by atoms with Crippen molar-refractivity contribution in [1.29, 1.82) is 0 Å². The van der Waals surface area contributed by atoms with E-state index in [4.69, 9.17) is 0 Å². The molecule has 1 nitrogen and oxygen atoms in total. The fourth-order valence-electron chi connectivity index (χ4n) is 1.26. The second-order valence-electron chi connectivity index (χ2n) is 5.02. The van der Waals surface area contributed by atoms with E-state index in [1.807, 2.05) is 11.8 Å². The summed E-state index contributed by atoms with van der Waals surface area (Å²) in [6.07, 6.45) is 0. The van der Waals surface area contributed by atoms with Gasteiger partial charge in [0.2, 0.25) is 0 Å². The molecule has 1 unspecified atom stereocenters. The summed E-state index contributed by atoms with van der Waals surface area (Å²) in [6.45, 7) is 9.88.